The number of hydrogen-bond donors (Lipinski definition) is 1. The molecule has 0 aliphatic rings. The number of carbonyl (C=O) groups is 1. The smallest absolute Gasteiger partial charge is 0.344 e. The molecule has 0 unspecified atom stereocenters. The van der Waals surface area contributed by atoms with E-state index in [0.29, 0.717) is 0 Å². The van der Waals surface area contributed by atoms with Crippen molar-refractivity contribution in [3.63, 3.8) is 0 Å². The van der Waals surface area contributed by atoms with Crippen LogP contribution in [0.25, 0.3) is 0 Å². The number of rotatable bonds is 3. The van der Waals surface area contributed by atoms with Gasteiger partial charge >= 0.3 is 5.97 Å². The highest BCUT2D eigenvalue weighted by atomic mass is 16.5. The van der Waals surface area contributed by atoms with Crippen molar-refractivity contribution in [1.29, 1.82) is 0 Å². The van der Waals surface area contributed by atoms with Gasteiger partial charge in [0, 0.05) is 12.7 Å². The van der Waals surface area contributed by atoms with Crippen molar-refractivity contribution in [3.8, 4) is 11.8 Å². The third kappa shape index (κ3) is 3.99. The van der Waals surface area contributed by atoms with Gasteiger partial charge in [0.15, 0.2) is 0 Å². The van der Waals surface area contributed by atoms with Gasteiger partial charge in [-0.2, -0.15) is 0 Å². The second kappa shape index (κ2) is 6.44. The third-order valence-electron chi connectivity index (χ3n) is 1.80. The lowest BCUT2D eigenvalue weighted by molar-refractivity contribution is -0.132. The third-order valence-corrected chi connectivity index (χ3v) is 1.80. The zero-order chi connectivity index (χ0) is 11.8. The Labute approximate surface area is 94.4 Å². The maximum absolute atomic E-state index is 10.8. The van der Waals surface area contributed by atoms with E-state index in [1.165, 1.54) is 13.2 Å². The summed E-state index contributed by atoms with van der Waals surface area (Å²) in [7, 11) is 1.50. The first-order chi connectivity index (χ1) is 7.74. The van der Waals surface area contributed by atoms with E-state index < -0.39 is 5.97 Å². The molecule has 82 valence electrons. The number of hydrogen-bond acceptors (Lipinski definition) is 2. The minimum absolute atomic E-state index is 0.0469. The Bertz CT molecular complexity index is 435. The Morgan fingerprint density at radius 3 is 2.69 bits per heavy atom. The molecule has 0 spiro atoms. The van der Waals surface area contributed by atoms with Crippen LogP contribution >= 0.6 is 0 Å². The van der Waals surface area contributed by atoms with Crippen LogP contribution in [0.2, 0.25) is 0 Å². The predicted octanol–water partition coefficient (Wildman–Crippen LogP) is 1.70. The number of ether oxygens (including phenoxy) is 1. The minimum atomic E-state index is -1.04. The van der Waals surface area contributed by atoms with E-state index in [1.54, 1.807) is 0 Å². The molecule has 1 N–H and O–H groups in total. The summed E-state index contributed by atoms with van der Waals surface area (Å²) in [5.41, 5.74) is 0.831. The van der Waals surface area contributed by atoms with E-state index in [1.807, 2.05) is 30.3 Å². The summed E-state index contributed by atoms with van der Waals surface area (Å²) in [6.45, 7) is 0.241. The van der Waals surface area contributed by atoms with Crippen molar-refractivity contribution in [3.05, 3.63) is 47.5 Å². The van der Waals surface area contributed by atoms with Gasteiger partial charge in [-0.05, 0) is 18.2 Å². The second-order valence-electron chi connectivity index (χ2n) is 2.99. The Balaban J connectivity index is 2.85. The molecule has 3 nitrogen and oxygen atoms in total. The normalized spacial score (nSPS) is 10.4. The first kappa shape index (κ1) is 12.0. The van der Waals surface area contributed by atoms with Crippen molar-refractivity contribution in [2.75, 3.05) is 13.7 Å². The molecule has 0 aliphatic carbocycles. The molecule has 0 saturated carbocycles. The van der Waals surface area contributed by atoms with Crippen molar-refractivity contribution >= 4 is 5.97 Å². The van der Waals surface area contributed by atoms with Crippen molar-refractivity contribution < 1.29 is 14.6 Å². The van der Waals surface area contributed by atoms with E-state index in [-0.39, 0.29) is 12.2 Å². The molecule has 0 saturated heterocycles. The fraction of sp³-hybridized carbons (Fsp3) is 0.154. The molecule has 0 fully saturated rings. The maximum atomic E-state index is 10.8. The van der Waals surface area contributed by atoms with Crippen molar-refractivity contribution in [1.82, 2.24) is 0 Å². The Morgan fingerprint density at radius 1 is 1.44 bits per heavy atom. The monoisotopic (exact) mass is 216 g/mol. The standard InChI is InChI=1S/C13H12O3/c1-16-10-9-12(13(14)15)8-7-11-5-3-2-4-6-11/h2-6,9H,10H2,1H3,(H,14,15)/b12-9+. The van der Waals surface area contributed by atoms with Crippen LogP contribution in [0.5, 0.6) is 0 Å². The highest BCUT2D eigenvalue weighted by molar-refractivity contribution is 5.92. The van der Waals surface area contributed by atoms with Crippen LogP contribution < -0.4 is 0 Å². The van der Waals surface area contributed by atoms with Gasteiger partial charge in [-0.3, -0.25) is 0 Å². The van der Waals surface area contributed by atoms with Gasteiger partial charge < -0.3 is 9.84 Å². The largest absolute Gasteiger partial charge is 0.477 e. The van der Waals surface area contributed by atoms with E-state index >= 15 is 0 Å². The summed E-state index contributed by atoms with van der Waals surface area (Å²) in [6.07, 6.45) is 1.44. The highest BCUT2D eigenvalue weighted by Gasteiger charge is 2.01. The fourth-order valence-electron chi connectivity index (χ4n) is 1.02. The van der Waals surface area contributed by atoms with Crippen LogP contribution in [0.1, 0.15) is 5.56 Å². The number of benzene rings is 1. The first-order valence-corrected chi connectivity index (χ1v) is 4.73. The van der Waals surface area contributed by atoms with E-state index in [2.05, 4.69) is 11.8 Å². The van der Waals surface area contributed by atoms with Crippen LogP contribution in [-0.4, -0.2) is 24.8 Å². The van der Waals surface area contributed by atoms with Crippen LogP contribution in [0, 0.1) is 11.8 Å². The van der Waals surface area contributed by atoms with Crippen LogP contribution in [-0.2, 0) is 9.53 Å². The molecule has 16 heavy (non-hydrogen) atoms. The average Bonchev–Trinajstić information content (AvgIpc) is 2.30. The Kier molecular flexibility index (Phi) is 4.84. The topological polar surface area (TPSA) is 46.5 Å². The molecule has 0 bridgehead atoms. The van der Waals surface area contributed by atoms with Crippen LogP contribution in [0.4, 0.5) is 0 Å². The number of carboxylic acid groups (broad SMARTS) is 1. The van der Waals surface area contributed by atoms with Gasteiger partial charge in [-0.25, -0.2) is 4.79 Å². The molecular formula is C13H12O3. The highest BCUT2D eigenvalue weighted by Crippen LogP contribution is 1.98. The molecule has 0 aromatic heterocycles. The molecule has 1 rings (SSSR count). The summed E-state index contributed by atoms with van der Waals surface area (Å²) in [4.78, 5) is 10.8. The van der Waals surface area contributed by atoms with Crippen LogP contribution in [0.3, 0.4) is 0 Å². The number of methoxy groups -OCH3 is 1. The van der Waals surface area contributed by atoms with Crippen molar-refractivity contribution in [2.24, 2.45) is 0 Å². The lowest BCUT2D eigenvalue weighted by atomic mass is 10.2. The molecule has 0 radical (unpaired) electrons. The zero-order valence-electron chi connectivity index (χ0n) is 8.93. The van der Waals surface area contributed by atoms with E-state index in [9.17, 15) is 4.79 Å². The average molecular weight is 216 g/mol. The fourth-order valence-corrected chi connectivity index (χ4v) is 1.02. The van der Waals surface area contributed by atoms with Crippen molar-refractivity contribution in [2.45, 2.75) is 0 Å². The van der Waals surface area contributed by atoms with Gasteiger partial charge in [0.05, 0.1) is 6.61 Å². The molecule has 0 atom stereocenters. The van der Waals surface area contributed by atoms with E-state index in [0.717, 1.165) is 5.56 Å². The Morgan fingerprint density at radius 2 is 2.12 bits per heavy atom. The van der Waals surface area contributed by atoms with Gasteiger partial charge in [-0.15, -0.1) is 0 Å². The number of carboxylic acids is 1. The van der Waals surface area contributed by atoms with Crippen LogP contribution in [0.15, 0.2) is 42.0 Å². The van der Waals surface area contributed by atoms with Gasteiger partial charge in [-0.1, -0.05) is 30.0 Å². The second-order valence-corrected chi connectivity index (χ2v) is 2.99. The molecular weight excluding hydrogens is 204 g/mol. The molecule has 0 amide bonds. The lowest BCUT2D eigenvalue weighted by Crippen LogP contribution is -2.00. The van der Waals surface area contributed by atoms with Gasteiger partial charge in [0.1, 0.15) is 5.57 Å². The summed E-state index contributed by atoms with van der Waals surface area (Å²) >= 11 is 0. The molecule has 1 aromatic carbocycles. The molecule has 3 heteroatoms. The van der Waals surface area contributed by atoms with Gasteiger partial charge in [0.25, 0.3) is 0 Å². The molecule has 0 aliphatic heterocycles. The number of aliphatic carboxylic acids is 1. The molecule has 1 aromatic rings. The summed E-state index contributed by atoms with van der Waals surface area (Å²) < 4.78 is 4.77. The Hall–Kier alpha value is -2.05. The molecule has 0 heterocycles. The first-order valence-electron chi connectivity index (χ1n) is 4.73. The van der Waals surface area contributed by atoms with E-state index in [4.69, 9.17) is 9.84 Å². The lowest BCUT2D eigenvalue weighted by Gasteiger charge is -1.92. The van der Waals surface area contributed by atoms with Gasteiger partial charge in [0.2, 0.25) is 0 Å². The zero-order valence-corrected chi connectivity index (χ0v) is 8.93. The summed E-state index contributed by atoms with van der Waals surface area (Å²) in [5.74, 6) is 4.34. The predicted molar refractivity (Wildman–Crippen MR) is 60.9 cm³/mol. The maximum Gasteiger partial charge on any atom is 0.344 e. The SMILES string of the molecule is COC/C=C(\C#Cc1ccccc1)C(=O)O. The summed E-state index contributed by atoms with van der Waals surface area (Å²) in [5, 5.41) is 8.85. The quantitative estimate of drug-likeness (QED) is 0.618. The minimum Gasteiger partial charge on any atom is -0.477 e. The summed E-state index contributed by atoms with van der Waals surface area (Å²) in [6, 6.07) is 9.22.